The fourth-order valence-corrected chi connectivity index (χ4v) is 4.05. The molecule has 1 aromatic rings. The van der Waals surface area contributed by atoms with Gasteiger partial charge in [0.2, 0.25) is 0 Å². The fourth-order valence-electron chi connectivity index (χ4n) is 4.05. The second kappa shape index (κ2) is 4.59. The Morgan fingerprint density at radius 1 is 1.16 bits per heavy atom. The molecule has 2 heteroatoms. The van der Waals surface area contributed by atoms with Gasteiger partial charge < -0.3 is 5.32 Å². The molecule has 0 heterocycles. The zero-order valence-corrected chi connectivity index (χ0v) is 12.0. The number of nitrogens with one attached hydrogen (secondary N) is 1. The van der Waals surface area contributed by atoms with Crippen molar-refractivity contribution < 1.29 is 4.39 Å². The van der Waals surface area contributed by atoms with E-state index < -0.39 is 0 Å². The first-order valence-electron chi connectivity index (χ1n) is 7.53. The van der Waals surface area contributed by atoms with Crippen LogP contribution >= 0.6 is 0 Å². The van der Waals surface area contributed by atoms with Crippen LogP contribution in [0, 0.1) is 11.2 Å². The van der Waals surface area contributed by atoms with Crippen molar-refractivity contribution in [2.75, 3.05) is 6.54 Å². The molecular weight excluding hydrogens is 237 g/mol. The lowest BCUT2D eigenvalue weighted by Gasteiger charge is -2.62. The molecule has 1 nitrogen and oxygen atoms in total. The van der Waals surface area contributed by atoms with Crippen molar-refractivity contribution in [3.63, 3.8) is 0 Å². The van der Waals surface area contributed by atoms with Gasteiger partial charge in [-0.05, 0) is 48.8 Å². The molecule has 0 bridgehead atoms. The zero-order chi connectivity index (χ0) is 13.5. The van der Waals surface area contributed by atoms with E-state index in [1.807, 2.05) is 12.1 Å². The van der Waals surface area contributed by atoms with Gasteiger partial charge in [0.25, 0.3) is 0 Å². The Balaban J connectivity index is 1.79. The zero-order valence-electron chi connectivity index (χ0n) is 12.0. The molecule has 0 unspecified atom stereocenters. The Labute approximate surface area is 115 Å². The quantitative estimate of drug-likeness (QED) is 0.863. The summed E-state index contributed by atoms with van der Waals surface area (Å²) < 4.78 is 13.1. The highest BCUT2D eigenvalue weighted by molar-refractivity contribution is 5.32. The molecule has 1 aromatic carbocycles. The van der Waals surface area contributed by atoms with Gasteiger partial charge in [-0.1, -0.05) is 32.4 Å². The first kappa shape index (κ1) is 13.1. The summed E-state index contributed by atoms with van der Waals surface area (Å²) in [4.78, 5) is 0. The Kier molecular flexibility index (Phi) is 3.17. The van der Waals surface area contributed by atoms with E-state index in [0.717, 1.165) is 6.54 Å². The molecule has 2 saturated carbocycles. The standard InChI is InChI=1S/C17H24FN/c1-13(2)19-12-17(10-16(11-17)8-3-9-16)14-4-6-15(18)7-5-14/h4-7,13,19H,3,8-12H2,1-2H3. The van der Waals surface area contributed by atoms with Gasteiger partial charge >= 0.3 is 0 Å². The summed E-state index contributed by atoms with van der Waals surface area (Å²) in [6.07, 6.45) is 6.77. The first-order chi connectivity index (χ1) is 9.04. The molecule has 0 aliphatic heterocycles. The van der Waals surface area contributed by atoms with Crippen LogP contribution in [-0.2, 0) is 5.41 Å². The minimum Gasteiger partial charge on any atom is -0.314 e. The third kappa shape index (κ3) is 2.31. The van der Waals surface area contributed by atoms with Gasteiger partial charge in [-0.25, -0.2) is 4.39 Å². The molecule has 3 rings (SSSR count). The number of halogens is 1. The molecule has 2 fully saturated rings. The summed E-state index contributed by atoms with van der Waals surface area (Å²) in [6.45, 7) is 5.41. The van der Waals surface area contributed by atoms with Crippen molar-refractivity contribution >= 4 is 0 Å². The van der Waals surface area contributed by atoms with E-state index in [2.05, 4.69) is 19.2 Å². The summed E-state index contributed by atoms with van der Waals surface area (Å²) in [5, 5.41) is 3.59. The summed E-state index contributed by atoms with van der Waals surface area (Å²) in [6, 6.07) is 7.71. The maximum absolute atomic E-state index is 13.1. The normalized spacial score (nSPS) is 23.2. The van der Waals surface area contributed by atoms with Gasteiger partial charge in [-0.15, -0.1) is 0 Å². The van der Waals surface area contributed by atoms with E-state index in [0.29, 0.717) is 11.5 Å². The fraction of sp³-hybridized carbons (Fsp3) is 0.647. The summed E-state index contributed by atoms with van der Waals surface area (Å²) >= 11 is 0. The van der Waals surface area contributed by atoms with Crippen LogP contribution in [0.3, 0.4) is 0 Å². The number of hydrogen-bond donors (Lipinski definition) is 1. The average molecular weight is 261 g/mol. The van der Waals surface area contributed by atoms with E-state index in [1.54, 1.807) is 12.1 Å². The van der Waals surface area contributed by atoms with Crippen molar-refractivity contribution in [2.24, 2.45) is 5.41 Å². The van der Waals surface area contributed by atoms with Gasteiger partial charge in [0.15, 0.2) is 0 Å². The molecule has 0 amide bonds. The van der Waals surface area contributed by atoms with Gasteiger partial charge in [-0.3, -0.25) is 0 Å². The Morgan fingerprint density at radius 3 is 2.26 bits per heavy atom. The maximum atomic E-state index is 13.1. The predicted molar refractivity (Wildman–Crippen MR) is 76.7 cm³/mol. The van der Waals surface area contributed by atoms with E-state index in [9.17, 15) is 4.39 Å². The topological polar surface area (TPSA) is 12.0 Å². The third-order valence-corrected chi connectivity index (χ3v) is 5.15. The van der Waals surface area contributed by atoms with Crippen molar-refractivity contribution in [1.82, 2.24) is 5.32 Å². The largest absolute Gasteiger partial charge is 0.314 e. The molecule has 1 spiro atoms. The molecule has 0 atom stereocenters. The van der Waals surface area contributed by atoms with Crippen LogP contribution in [0.15, 0.2) is 24.3 Å². The van der Waals surface area contributed by atoms with Gasteiger partial charge in [0.1, 0.15) is 5.82 Å². The second-order valence-corrected chi connectivity index (χ2v) is 7.03. The van der Waals surface area contributed by atoms with Gasteiger partial charge in [-0.2, -0.15) is 0 Å². The van der Waals surface area contributed by atoms with Crippen molar-refractivity contribution in [1.29, 1.82) is 0 Å². The molecule has 0 radical (unpaired) electrons. The lowest BCUT2D eigenvalue weighted by Crippen LogP contribution is -2.57. The lowest BCUT2D eigenvalue weighted by molar-refractivity contribution is -0.0489. The van der Waals surface area contributed by atoms with Crippen LogP contribution < -0.4 is 5.32 Å². The molecule has 1 N–H and O–H groups in total. The third-order valence-electron chi connectivity index (χ3n) is 5.15. The summed E-state index contributed by atoms with van der Waals surface area (Å²) in [5.74, 6) is -0.131. The number of benzene rings is 1. The van der Waals surface area contributed by atoms with Gasteiger partial charge in [0, 0.05) is 18.0 Å². The Morgan fingerprint density at radius 2 is 1.79 bits per heavy atom. The molecule has 2 aliphatic carbocycles. The number of hydrogen-bond acceptors (Lipinski definition) is 1. The smallest absolute Gasteiger partial charge is 0.123 e. The predicted octanol–water partition coefficient (Wildman–Crippen LogP) is 4.03. The second-order valence-electron chi connectivity index (χ2n) is 7.03. The van der Waals surface area contributed by atoms with Crippen LogP contribution in [0.4, 0.5) is 4.39 Å². The highest BCUT2D eigenvalue weighted by Crippen LogP contribution is 2.64. The SMILES string of the molecule is CC(C)NCC1(c2ccc(F)cc2)CC2(CCC2)C1. The minimum atomic E-state index is -0.131. The van der Waals surface area contributed by atoms with E-state index in [-0.39, 0.29) is 11.2 Å². The summed E-state index contributed by atoms with van der Waals surface area (Å²) in [5.41, 5.74) is 2.20. The van der Waals surface area contributed by atoms with E-state index in [1.165, 1.54) is 37.7 Å². The van der Waals surface area contributed by atoms with Crippen LogP contribution in [-0.4, -0.2) is 12.6 Å². The van der Waals surface area contributed by atoms with Crippen LogP contribution in [0.5, 0.6) is 0 Å². The molecular formula is C17H24FN. The lowest BCUT2D eigenvalue weighted by atomic mass is 9.43. The molecule has 104 valence electrons. The average Bonchev–Trinajstić information content (AvgIpc) is 2.27. The van der Waals surface area contributed by atoms with Crippen LogP contribution in [0.2, 0.25) is 0 Å². The highest BCUT2D eigenvalue weighted by Gasteiger charge is 2.57. The van der Waals surface area contributed by atoms with E-state index in [4.69, 9.17) is 0 Å². The molecule has 19 heavy (non-hydrogen) atoms. The highest BCUT2D eigenvalue weighted by atomic mass is 19.1. The molecule has 0 saturated heterocycles. The molecule has 0 aromatic heterocycles. The molecule has 2 aliphatic rings. The van der Waals surface area contributed by atoms with Crippen LogP contribution in [0.25, 0.3) is 0 Å². The Hall–Kier alpha value is -0.890. The van der Waals surface area contributed by atoms with Crippen molar-refractivity contribution in [2.45, 2.75) is 57.4 Å². The van der Waals surface area contributed by atoms with Crippen molar-refractivity contribution in [3.05, 3.63) is 35.6 Å². The monoisotopic (exact) mass is 261 g/mol. The Bertz CT molecular complexity index is 437. The minimum absolute atomic E-state index is 0.131. The maximum Gasteiger partial charge on any atom is 0.123 e. The summed E-state index contributed by atoms with van der Waals surface area (Å²) in [7, 11) is 0. The first-order valence-corrected chi connectivity index (χ1v) is 7.53. The van der Waals surface area contributed by atoms with Crippen molar-refractivity contribution in [3.8, 4) is 0 Å². The van der Waals surface area contributed by atoms with E-state index >= 15 is 0 Å². The number of rotatable bonds is 4. The van der Waals surface area contributed by atoms with Crippen LogP contribution in [0.1, 0.15) is 51.5 Å². The van der Waals surface area contributed by atoms with Gasteiger partial charge in [0.05, 0.1) is 0 Å².